The molecule has 0 saturated carbocycles. The summed E-state index contributed by atoms with van der Waals surface area (Å²) in [6.45, 7) is 6.29. The number of halogens is 1. The first-order valence-corrected chi connectivity index (χ1v) is 8.25. The van der Waals surface area contributed by atoms with Crippen molar-refractivity contribution in [1.29, 1.82) is 0 Å². The molecule has 0 aromatic heterocycles. The van der Waals surface area contributed by atoms with Gasteiger partial charge in [-0.1, -0.05) is 34.1 Å². The van der Waals surface area contributed by atoms with Gasteiger partial charge in [0.15, 0.2) is 0 Å². The van der Waals surface area contributed by atoms with Gasteiger partial charge in [0.2, 0.25) is 0 Å². The van der Waals surface area contributed by atoms with Crippen LogP contribution in [0.3, 0.4) is 0 Å². The number of benzene rings is 1. The van der Waals surface area contributed by atoms with Crippen LogP contribution in [0.1, 0.15) is 32.3 Å². The highest BCUT2D eigenvalue weighted by atomic mass is 79.9. The van der Waals surface area contributed by atoms with E-state index in [1.54, 1.807) is 6.08 Å². The number of ether oxygens (including phenoxy) is 1. The molecule has 0 spiro atoms. The van der Waals surface area contributed by atoms with Gasteiger partial charge in [-0.2, -0.15) is 0 Å². The van der Waals surface area contributed by atoms with Crippen LogP contribution in [0, 0.1) is 5.92 Å². The van der Waals surface area contributed by atoms with Gasteiger partial charge in [-0.05, 0) is 31.6 Å². The van der Waals surface area contributed by atoms with Gasteiger partial charge in [0, 0.05) is 29.3 Å². The smallest absolute Gasteiger partial charge is 0.331 e. The molecule has 2 N–H and O–H groups in total. The van der Waals surface area contributed by atoms with Crippen LogP contribution in [-0.2, 0) is 9.53 Å². The van der Waals surface area contributed by atoms with E-state index in [9.17, 15) is 4.79 Å². The molecule has 0 amide bonds. The minimum atomic E-state index is -0.399. The topological polar surface area (TPSA) is 42.9 Å². The standard InChI is InChI=1S/C17H22BrNO2/c1-17(2,14-9-11-19-12-10-14)21-16(20)8-7-13-5-3-4-6-15(13)18/h3-8,14,19H,9-12H2,1-2H3/p+1/b8-7+. The number of esters is 1. The van der Waals surface area contributed by atoms with Crippen LogP contribution in [0.5, 0.6) is 0 Å². The first-order valence-electron chi connectivity index (χ1n) is 7.46. The SMILES string of the molecule is CC(C)(OC(=O)/C=C/c1ccccc1Br)C1CC[NH2+]CC1. The third-order valence-electron chi connectivity index (χ3n) is 4.09. The van der Waals surface area contributed by atoms with E-state index < -0.39 is 5.60 Å². The van der Waals surface area contributed by atoms with Crippen LogP contribution in [0.25, 0.3) is 6.08 Å². The van der Waals surface area contributed by atoms with E-state index in [4.69, 9.17) is 4.74 Å². The quantitative estimate of drug-likeness (QED) is 0.668. The number of carbonyl (C=O) groups is 1. The number of carbonyl (C=O) groups excluding carboxylic acids is 1. The van der Waals surface area contributed by atoms with Gasteiger partial charge in [-0.15, -0.1) is 0 Å². The van der Waals surface area contributed by atoms with Crippen LogP contribution in [0.4, 0.5) is 0 Å². The molecule has 1 fully saturated rings. The highest BCUT2D eigenvalue weighted by Gasteiger charge is 2.34. The molecule has 0 aliphatic carbocycles. The molecule has 21 heavy (non-hydrogen) atoms. The van der Waals surface area contributed by atoms with Gasteiger partial charge in [-0.25, -0.2) is 4.79 Å². The first-order chi connectivity index (χ1) is 9.99. The maximum Gasteiger partial charge on any atom is 0.331 e. The molecule has 0 atom stereocenters. The van der Waals surface area contributed by atoms with Crippen molar-refractivity contribution in [3.05, 3.63) is 40.4 Å². The lowest BCUT2D eigenvalue weighted by Crippen LogP contribution is -2.86. The molecule has 2 rings (SSSR count). The molecule has 4 heteroatoms. The summed E-state index contributed by atoms with van der Waals surface area (Å²) in [6, 6.07) is 7.80. The molecule has 0 unspecified atom stereocenters. The molecule has 1 aromatic rings. The summed E-state index contributed by atoms with van der Waals surface area (Å²) in [4.78, 5) is 12.1. The summed E-state index contributed by atoms with van der Waals surface area (Å²) in [5, 5.41) is 2.32. The summed E-state index contributed by atoms with van der Waals surface area (Å²) in [7, 11) is 0. The third-order valence-corrected chi connectivity index (χ3v) is 4.81. The Balaban J connectivity index is 1.96. The average molecular weight is 353 g/mol. The molecule has 0 bridgehead atoms. The van der Waals surface area contributed by atoms with Gasteiger partial charge in [0.05, 0.1) is 13.1 Å². The van der Waals surface area contributed by atoms with E-state index in [0.29, 0.717) is 5.92 Å². The van der Waals surface area contributed by atoms with Crippen LogP contribution in [-0.4, -0.2) is 24.7 Å². The predicted octanol–water partition coefficient (Wildman–Crippen LogP) is 2.76. The molecule has 1 saturated heterocycles. The third kappa shape index (κ3) is 4.68. The molecule has 1 aromatic carbocycles. The van der Waals surface area contributed by atoms with Crippen LogP contribution >= 0.6 is 15.9 Å². The van der Waals surface area contributed by atoms with E-state index in [-0.39, 0.29) is 5.97 Å². The molecule has 0 radical (unpaired) electrons. The zero-order chi connectivity index (χ0) is 15.3. The lowest BCUT2D eigenvalue weighted by molar-refractivity contribution is -0.665. The number of nitrogens with two attached hydrogens (primary N) is 1. The monoisotopic (exact) mass is 352 g/mol. The summed E-state index contributed by atoms with van der Waals surface area (Å²) in [6.07, 6.45) is 5.51. The Morgan fingerprint density at radius 2 is 2.00 bits per heavy atom. The fourth-order valence-electron chi connectivity index (χ4n) is 2.77. The Hall–Kier alpha value is -1.13. The van der Waals surface area contributed by atoms with Gasteiger partial charge in [-0.3, -0.25) is 0 Å². The fourth-order valence-corrected chi connectivity index (χ4v) is 3.18. The first kappa shape index (κ1) is 16.2. The number of hydrogen-bond acceptors (Lipinski definition) is 2. The number of quaternary nitrogens is 1. The minimum Gasteiger partial charge on any atom is -0.456 e. The number of piperidine rings is 1. The van der Waals surface area contributed by atoms with E-state index >= 15 is 0 Å². The van der Waals surface area contributed by atoms with Crippen molar-refractivity contribution in [2.75, 3.05) is 13.1 Å². The molecule has 114 valence electrons. The Kier molecular flexibility index (Phi) is 5.59. The van der Waals surface area contributed by atoms with Crippen LogP contribution in [0.2, 0.25) is 0 Å². The van der Waals surface area contributed by atoms with E-state index in [2.05, 4.69) is 21.2 Å². The minimum absolute atomic E-state index is 0.273. The largest absolute Gasteiger partial charge is 0.456 e. The molecule has 1 aliphatic rings. The number of rotatable bonds is 4. The Morgan fingerprint density at radius 1 is 1.33 bits per heavy atom. The lowest BCUT2D eigenvalue weighted by Gasteiger charge is -2.35. The summed E-state index contributed by atoms with van der Waals surface area (Å²) >= 11 is 3.46. The molecule has 1 heterocycles. The van der Waals surface area contributed by atoms with Gasteiger partial charge in [0.1, 0.15) is 5.60 Å². The van der Waals surface area contributed by atoms with E-state index in [1.165, 1.54) is 6.08 Å². The Morgan fingerprint density at radius 3 is 2.67 bits per heavy atom. The Labute approximate surface area is 134 Å². The van der Waals surface area contributed by atoms with E-state index in [0.717, 1.165) is 36.0 Å². The zero-order valence-electron chi connectivity index (χ0n) is 12.6. The zero-order valence-corrected chi connectivity index (χ0v) is 14.2. The van der Waals surface area contributed by atoms with Crippen molar-refractivity contribution < 1.29 is 14.8 Å². The van der Waals surface area contributed by atoms with Gasteiger partial charge >= 0.3 is 5.97 Å². The van der Waals surface area contributed by atoms with E-state index in [1.807, 2.05) is 38.1 Å². The maximum atomic E-state index is 12.1. The van der Waals surface area contributed by atoms with Crippen molar-refractivity contribution in [3.63, 3.8) is 0 Å². The predicted molar refractivity (Wildman–Crippen MR) is 87.7 cm³/mol. The lowest BCUT2D eigenvalue weighted by atomic mass is 9.83. The van der Waals surface area contributed by atoms with Gasteiger partial charge < -0.3 is 10.1 Å². The average Bonchev–Trinajstić information content (AvgIpc) is 2.47. The molecule has 3 nitrogen and oxygen atoms in total. The summed E-state index contributed by atoms with van der Waals surface area (Å²) in [5.41, 5.74) is 0.573. The second kappa shape index (κ2) is 7.23. The maximum absolute atomic E-state index is 12.1. The molecular formula is C17H23BrNO2+. The van der Waals surface area contributed by atoms with Crippen molar-refractivity contribution in [1.82, 2.24) is 0 Å². The van der Waals surface area contributed by atoms with Crippen LogP contribution < -0.4 is 5.32 Å². The highest BCUT2D eigenvalue weighted by molar-refractivity contribution is 9.10. The number of hydrogen-bond donors (Lipinski definition) is 1. The Bertz CT molecular complexity index is 519. The summed E-state index contributed by atoms with van der Waals surface area (Å²) < 4.78 is 6.65. The second-order valence-electron chi connectivity index (χ2n) is 6.02. The molecule has 1 aliphatic heterocycles. The summed E-state index contributed by atoms with van der Waals surface area (Å²) in [5.74, 6) is 0.175. The highest BCUT2D eigenvalue weighted by Crippen LogP contribution is 2.28. The van der Waals surface area contributed by atoms with Crippen molar-refractivity contribution in [2.45, 2.75) is 32.3 Å². The van der Waals surface area contributed by atoms with Crippen molar-refractivity contribution in [3.8, 4) is 0 Å². The normalized spacial score (nSPS) is 17.1. The van der Waals surface area contributed by atoms with Crippen molar-refractivity contribution >= 4 is 28.0 Å². The molecular weight excluding hydrogens is 330 g/mol. The van der Waals surface area contributed by atoms with Crippen LogP contribution in [0.15, 0.2) is 34.8 Å². The van der Waals surface area contributed by atoms with Crippen molar-refractivity contribution in [2.24, 2.45) is 5.92 Å². The van der Waals surface area contributed by atoms with Gasteiger partial charge in [0.25, 0.3) is 0 Å². The second-order valence-corrected chi connectivity index (χ2v) is 6.87. The fraction of sp³-hybridized carbons (Fsp3) is 0.471.